The van der Waals surface area contributed by atoms with E-state index in [1.54, 1.807) is 0 Å². The maximum absolute atomic E-state index is 6.47. The van der Waals surface area contributed by atoms with E-state index in [2.05, 4.69) is 93.1 Å². The number of fused-ring (bicyclic) bond motifs is 1. The quantitative estimate of drug-likeness (QED) is 0.312. The predicted octanol–water partition coefficient (Wildman–Crippen LogP) is 7.06. The zero-order valence-corrected chi connectivity index (χ0v) is 22.5. The average molecular weight is 482 g/mol. The predicted molar refractivity (Wildman–Crippen MR) is 147 cm³/mol. The highest BCUT2D eigenvalue weighted by Gasteiger charge is 2.22. The van der Waals surface area contributed by atoms with E-state index in [9.17, 15) is 0 Å². The molecule has 4 aromatic rings. The van der Waals surface area contributed by atoms with Gasteiger partial charge < -0.3 is 14.5 Å². The number of benzene rings is 1. The minimum Gasteiger partial charge on any atom is -0.456 e. The van der Waals surface area contributed by atoms with E-state index in [4.69, 9.17) is 14.7 Å². The Balaban J connectivity index is 1.57. The van der Waals surface area contributed by atoms with Crippen molar-refractivity contribution in [1.82, 2.24) is 19.3 Å². The number of rotatable bonds is 4. The lowest BCUT2D eigenvalue weighted by molar-refractivity contribution is 0.458. The third-order valence-corrected chi connectivity index (χ3v) is 7.29. The first-order valence-corrected chi connectivity index (χ1v) is 12.4. The van der Waals surface area contributed by atoms with Crippen LogP contribution in [-0.2, 0) is 5.41 Å². The second kappa shape index (κ2) is 8.70. The Kier molecular flexibility index (Phi) is 5.78. The fourth-order valence-corrected chi connectivity index (χ4v) is 4.66. The van der Waals surface area contributed by atoms with Crippen LogP contribution < -0.4 is 9.64 Å². The second-order valence-corrected chi connectivity index (χ2v) is 10.8. The maximum atomic E-state index is 6.47. The molecule has 0 bridgehead atoms. The molecule has 0 saturated heterocycles. The first-order chi connectivity index (χ1) is 17.0. The number of hydrogen-bond acceptors (Lipinski definition) is 5. The lowest BCUT2D eigenvalue weighted by Crippen LogP contribution is -2.24. The van der Waals surface area contributed by atoms with Crippen LogP contribution >= 0.6 is 0 Å². The van der Waals surface area contributed by atoms with Crippen LogP contribution in [0.1, 0.15) is 51.6 Å². The molecule has 6 nitrogen and oxygen atoms in total. The highest BCUT2D eigenvalue weighted by atomic mass is 16.5. The number of anilines is 1. The third-order valence-electron chi connectivity index (χ3n) is 7.29. The van der Waals surface area contributed by atoms with Gasteiger partial charge in [0.05, 0.1) is 24.3 Å². The molecule has 0 saturated carbocycles. The van der Waals surface area contributed by atoms with Gasteiger partial charge in [-0.15, -0.1) is 0 Å². The molecule has 0 N–H and O–H groups in total. The standard InChI is InChI=1S/C30H35N5O/c1-19-20(2)34-17-26(16-27(29(34)32-19)28-14-23(12-13-31-28)30(5,6)7)36-25-11-9-10-24(15-25)35-18-33(8)21(3)22(35)4/h9-17H,18H2,1-8H3. The third kappa shape index (κ3) is 4.21. The van der Waals surface area contributed by atoms with Crippen LogP contribution in [0.2, 0.25) is 0 Å². The lowest BCUT2D eigenvalue weighted by Gasteiger charge is -2.22. The van der Waals surface area contributed by atoms with Crippen molar-refractivity contribution in [1.29, 1.82) is 0 Å². The van der Waals surface area contributed by atoms with Gasteiger partial charge in [-0.2, -0.15) is 0 Å². The van der Waals surface area contributed by atoms with Crippen LogP contribution in [0.4, 0.5) is 5.69 Å². The van der Waals surface area contributed by atoms with Gasteiger partial charge in [0.25, 0.3) is 0 Å². The van der Waals surface area contributed by atoms with Gasteiger partial charge in [0.2, 0.25) is 0 Å². The van der Waals surface area contributed by atoms with Crippen molar-refractivity contribution in [3.05, 3.63) is 83.2 Å². The summed E-state index contributed by atoms with van der Waals surface area (Å²) in [6.45, 7) is 15.9. The van der Waals surface area contributed by atoms with E-state index in [1.807, 2.05) is 31.5 Å². The zero-order valence-electron chi connectivity index (χ0n) is 22.5. The normalized spacial score (nSPS) is 14.3. The molecule has 0 spiro atoms. The number of imidazole rings is 1. The van der Waals surface area contributed by atoms with Crippen molar-refractivity contribution in [2.24, 2.45) is 0 Å². The number of aromatic nitrogens is 3. The molecule has 4 heterocycles. The summed E-state index contributed by atoms with van der Waals surface area (Å²) in [6, 6.07) is 14.6. The van der Waals surface area contributed by atoms with Crippen LogP contribution in [0.3, 0.4) is 0 Å². The molecule has 3 aromatic heterocycles. The SMILES string of the molecule is CC1=C(C)N(c2cccc(Oc3cc(-c4cc(C(C)(C)C)ccn4)c4nc(C)c(C)n4c3)c2)CN1C. The average Bonchev–Trinajstić information content (AvgIpc) is 3.28. The molecule has 0 atom stereocenters. The maximum Gasteiger partial charge on any atom is 0.146 e. The molecule has 1 aliphatic heterocycles. The molecule has 36 heavy (non-hydrogen) atoms. The Hall–Kier alpha value is -3.80. The van der Waals surface area contributed by atoms with Gasteiger partial charge in [-0.25, -0.2) is 4.98 Å². The van der Waals surface area contributed by atoms with Gasteiger partial charge in [0, 0.05) is 47.6 Å². The summed E-state index contributed by atoms with van der Waals surface area (Å²) in [5.74, 6) is 1.55. The fraction of sp³-hybridized carbons (Fsp3) is 0.333. The summed E-state index contributed by atoms with van der Waals surface area (Å²) >= 11 is 0. The van der Waals surface area contributed by atoms with Crippen LogP contribution in [0.25, 0.3) is 16.9 Å². The molecule has 0 amide bonds. The van der Waals surface area contributed by atoms with Gasteiger partial charge >= 0.3 is 0 Å². The van der Waals surface area contributed by atoms with Gasteiger partial charge in [-0.05, 0) is 69.0 Å². The van der Waals surface area contributed by atoms with Crippen molar-refractivity contribution >= 4 is 11.3 Å². The summed E-state index contributed by atoms with van der Waals surface area (Å²) in [4.78, 5) is 14.2. The molecule has 1 aromatic carbocycles. The fourth-order valence-electron chi connectivity index (χ4n) is 4.66. The minimum absolute atomic E-state index is 0.0261. The first kappa shape index (κ1) is 23.9. The Morgan fingerprint density at radius 3 is 2.39 bits per heavy atom. The van der Waals surface area contributed by atoms with Crippen LogP contribution in [0.5, 0.6) is 11.5 Å². The number of hydrogen-bond donors (Lipinski definition) is 0. The Morgan fingerprint density at radius 2 is 1.69 bits per heavy atom. The summed E-state index contributed by atoms with van der Waals surface area (Å²) in [5.41, 5.74) is 9.75. The minimum atomic E-state index is 0.0261. The molecule has 186 valence electrons. The summed E-state index contributed by atoms with van der Waals surface area (Å²) in [5, 5.41) is 0. The monoisotopic (exact) mass is 481 g/mol. The first-order valence-electron chi connectivity index (χ1n) is 12.4. The second-order valence-electron chi connectivity index (χ2n) is 10.8. The Labute approximate surface area is 213 Å². The smallest absolute Gasteiger partial charge is 0.146 e. The summed E-state index contributed by atoms with van der Waals surface area (Å²) < 4.78 is 8.58. The number of allylic oxidation sites excluding steroid dienone is 2. The van der Waals surface area contributed by atoms with E-state index in [0.717, 1.165) is 52.1 Å². The molecular weight excluding hydrogens is 446 g/mol. The number of aryl methyl sites for hydroxylation is 2. The van der Waals surface area contributed by atoms with E-state index in [-0.39, 0.29) is 5.41 Å². The molecule has 0 radical (unpaired) electrons. The van der Waals surface area contributed by atoms with Crippen LogP contribution in [0, 0.1) is 13.8 Å². The largest absolute Gasteiger partial charge is 0.456 e. The van der Waals surface area contributed by atoms with Crippen molar-refractivity contribution in [2.45, 2.75) is 53.9 Å². The van der Waals surface area contributed by atoms with E-state index < -0.39 is 0 Å². The molecule has 1 aliphatic rings. The summed E-state index contributed by atoms with van der Waals surface area (Å²) in [6.07, 6.45) is 3.91. The number of ether oxygens (including phenoxy) is 1. The topological polar surface area (TPSA) is 45.9 Å². The van der Waals surface area contributed by atoms with E-state index in [1.165, 1.54) is 17.0 Å². The van der Waals surface area contributed by atoms with Gasteiger partial charge in [0.1, 0.15) is 17.1 Å². The van der Waals surface area contributed by atoms with Crippen molar-refractivity contribution in [2.75, 3.05) is 18.6 Å². The van der Waals surface area contributed by atoms with E-state index >= 15 is 0 Å². The van der Waals surface area contributed by atoms with E-state index in [0.29, 0.717) is 0 Å². The van der Waals surface area contributed by atoms with Crippen molar-refractivity contribution in [3.8, 4) is 22.8 Å². The van der Waals surface area contributed by atoms with Crippen LogP contribution in [-0.4, -0.2) is 33.0 Å². The number of pyridine rings is 2. The molecule has 0 aliphatic carbocycles. The molecule has 5 rings (SSSR count). The molecule has 0 fully saturated rings. The Morgan fingerprint density at radius 1 is 0.917 bits per heavy atom. The lowest BCUT2D eigenvalue weighted by atomic mass is 9.87. The van der Waals surface area contributed by atoms with Gasteiger partial charge in [0.15, 0.2) is 0 Å². The highest BCUT2D eigenvalue weighted by Crippen LogP contribution is 2.35. The molecule has 6 heteroatoms. The van der Waals surface area contributed by atoms with Crippen molar-refractivity contribution < 1.29 is 4.74 Å². The van der Waals surface area contributed by atoms with Crippen LogP contribution in [0.15, 0.2) is 66.3 Å². The molecule has 0 unspecified atom stereocenters. The highest BCUT2D eigenvalue weighted by molar-refractivity contribution is 5.77. The van der Waals surface area contributed by atoms with Gasteiger partial charge in [-0.1, -0.05) is 26.8 Å². The Bertz CT molecular complexity index is 1490. The molecular formula is C30H35N5O. The summed E-state index contributed by atoms with van der Waals surface area (Å²) in [7, 11) is 2.12. The van der Waals surface area contributed by atoms with Crippen molar-refractivity contribution in [3.63, 3.8) is 0 Å². The van der Waals surface area contributed by atoms with Gasteiger partial charge in [-0.3, -0.25) is 9.38 Å². The zero-order chi connectivity index (χ0) is 25.8. The number of nitrogens with zero attached hydrogens (tertiary/aromatic N) is 5.